The number of ketones is 1. The van der Waals surface area contributed by atoms with Crippen molar-refractivity contribution in [3.05, 3.63) is 47.8 Å². The summed E-state index contributed by atoms with van der Waals surface area (Å²) in [7, 11) is 3.16. The van der Waals surface area contributed by atoms with E-state index in [-0.39, 0.29) is 11.2 Å². The molecule has 2 aliphatic carbocycles. The predicted molar refractivity (Wildman–Crippen MR) is 126 cm³/mol. The van der Waals surface area contributed by atoms with Crippen molar-refractivity contribution in [1.29, 1.82) is 5.26 Å². The first-order chi connectivity index (χ1) is 16.1. The van der Waals surface area contributed by atoms with E-state index in [9.17, 15) is 10.1 Å². The first kappa shape index (κ1) is 21.5. The highest BCUT2D eigenvalue weighted by Gasteiger charge is 2.39. The van der Waals surface area contributed by atoms with Gasteiger partial charge in [-0.1, -0.05) is 25.3 Å². The number of rotatable bonds is 9. The van der Waals surface area contributed by atoms with E-state index in [0.29, 0.717) is 23.5 Å². The topological polar surface area (TPSA) is 77.1 Å². The molecule has 6 nitrogen and oxygen atoms in total. The Morgan fingerprint density at radius 3 is 2.48 bits per heavy atom. The quantitative estimate of drug-likeness (QED) is 0.394. The van der Waals surface area contributed by atoms with Crippen molar-refractivity contribution in [1.82, 2.24) is 9.55 Å². The highest BCUT2D eigenvalue weighted by Crippen LogP contribution is 2.44. The van der Waals surface area contributed by atoms with Crippen LogP contribution in [0.5, 0.6) is 11.5 Å². The zero-order chi connectivity index (χ0) is 23.0. The van der Waals surface area contributed by atoms with Crippen molar-refractivity contribution in [3.63, 3.8) is 0 Å². The summed E-state index contributed by atoms with van der Waals surface area (Å²) in [6, 6.07) is 12.3. The van der Waals surface area contributed by atoms with Crippen LogP contribution in [-0.2, 0) is 5.41 Å². The van der Waals surface area contributed by atoms with Crippen LogP contribution in [0.4, 0.5) is 0 Å². The number of imidazole rings is 1. The van der Waals surface area contributed by atoms with Crippen LogP contribution in [0.2, 0.25) is 0 Å². The van der Waals surface area contributed by atoms with Crippen molar-refractivity contribution in [2.24, 2.45) is 5.92 Å². The van der Waals surface area contributed by atoms with E-state index in [2.05, 4.69) is 11.1 Å². The molecule has 6 heteroatoms. The molecule has 2 saturated carbocycles. The van der Waals surface area contributed by atoms with Crippen LogP contribution in [0.1, 0.15) is 67.3 Å². The van der Waals surface area contributed by atoms with E-state index in [1.54, 1.807) is 20.5 Å². The minimum absolute atomic E-state index is 0.0540. The number of carbonyl (C=O) groups excluding carboxylic acids is 1. The molecule has 5 rings (SSSR count). The number of fused-ring (bicyclic) bond motifs is 1. The number of hydrogen-bond acceptors (Lipinski definition) is 5. The zero-order valence-corrected chi connectivity index (χ0v) is 19.3. The highest BCUT2D eigenvalue weighted by molar-refractivity contribution is 6.01. The fourth-order valence-electron chi connectivity index (χ4n) is 4.91. The predicted octanol–water partition coefficient (Wildman–Crippen LogP) is 5.75. The van der Waals surface area contributed by atoms with Gasteiger partial charge in [0.2, 0.25) is 0 Å². The van der Waals surface area contributed by atoms with Crippen LogP contribution in [0, 0.1) is 17.2 Å². The maximum Gasteiger partial charge on any atom is 0.170 e. The standard InChI is InChI=1S/C27H29N3O3/c1-32-24-14-20(15-25(33-2)26(24)23(31)6-3-5-18-7-8-18)30-17-29-21-13-19(9-10-22(21)30)27(16-28)11-4-12-27/h9-10,13-15,17-18H,3-8,11-12H2,1-2H3. The number of carbonyl (C=O) groups is 1. The number of aromatic nitrogens is 2. The number of ether oxygens (including phenoxy) is 2. The van der Waals surface area contributed by atoms with Crippen LogP contribution in [0.15, 0.2) is 36.7 Å². The van der Waals surface area contributed by atoms with Crippen LogP contribution in [-0.4, -0.2) is 29.6 Å². The lowest BCUT2D eigenvalue weighted by atomic mass is 9.65. The monoisotopic (exact) mass is 443 g/mol. The van der Waals surface area contributed by atoms with Gasteiger partial charge in [0.25, 0.3) is 0 Å². The number of nitriles is 1. The lowest BCUT2D eigenvalue weighted by Crippen LogP contribution is -2.32. The van der Waals surface area contributed by atoms with Gasteiger partial charge >= 0.3 is 0 Å². The van der Waals surface area contributed by atoms with Crippen molar-refractivity contribution >= 4 is 16.8 Å². The van der Waals surface area contributed by atoms with Crippen LogP contribution >= 0.6 is 0 Å². The normalized spacial score (nSPS) is 16.8. The van der Waals surface area contributed by atoms with E-state index < -0.39 is 0 Å². The Bertz CT molecular complexity index is 1220. The fraction of sp³-hybridized carbons (Fsp3) is 0.444. The van der Waals surface area contributed by atoms with Crippen molar-refractivity contribution in [2.45, 2.75) is 56.8 Å². The van der Waals surface area contributed by atoms with E-state index in [1.165, 1.54) is 12.8 Å². The summed E-state index contributed by atoms with van der Waals surface area (Å²) >= 11 is 0. The van der Waals surface area contributed by atoms with E-state index in [1.807, 2.05) is 34.9 Å². The first-order valence-corrected chi connectivity index (χ1v) is 11.8. The van der Waals surface area contributed by atoms with Crippen LogP contribution in [0.25, 0.3) is 16.7 Å². The fourth-order valence-corrected chi connectivity index (χ4v) is 4.91. The Kier molecular flexibility index (Phi) is 5.57. The summed E-state index contributed by atoms with van der Waals surface area (Å²) < 4.78 is 13.2. The molecule has 3 aromatic rings. The number of Topliss-reactive ketones (excluding diaryl/α,β-unsaturated/α-hetero) is 1. The molecule has 33 heavy (non-hydrogen) atoms. The molecular formula is C27H29N3O3. The minimum Gasteiger partial charge on any atom is -0.496 e. The van der Waals surface area contributed by atoms with Gasteiger partial charge < -0.3 is 9.47 Å². The van der Waals surface area contributed by atoms with Crippen molar-refractivity contribution in [3.8, 4) is 23.3 Å². The molecule has 170 valence electrons. The van der Waals surface area contributed by atoms with Gasteiger partial charge in [0.1, 0.15) is 23.4 Å². The smallest absolute Gasteiger partial charge is 0.170 e. The molecule has 0 aliphatic heterocycles. The van der Waals surface area contributed by atoms with Crippen LogP contribution < -0.4 is 9.47 Å². The van der Waals surface area contributed by atoms with Crippen molar-refractivity contribution in [2.75, 3.05) is 14.2 Å². The second-order valence-corrected chi connectivity index (χ2v) is 9.35. The molecule has 0 spiro atoms. The molecule has 0 atom stereocenters. The number of hydrogen-bond donors (Lipinski definition) is 0. The summed E-state index contributed by atoms with van der Waals surface area (Å²) in [6.45, 7) is 0. The third kappa shape index (κ3) is 3.86. The number of benzene rings is 2. The SMILES string of the molecule is COc1cc(-n2cnc3cc(C4(C#N)CCC4)ccc32)cc(OC)c1C(=O)CCCC1CC1. The van der Waals surface area contributed by atoms with Gasteiger partial charge in [-0.2, -0.15) is 5.26 Å². The Labute approximate surface area is 194 Å². The van der Waals surface area contributed by atoms with Gasteiger partial charge in [0, 0.05) is 18.6 Å². The molecule has 2 aliphatic rings. The van der Waals surface area contributed by atoms with Gasteiger partial charge in [-0.15, -0.1) is 0 Å². The first-order valence-electron chi connectivity index (χ1n) is 11.8. The summed E-state index contributed by atoms with van der Waals surface area (Å²) in [6.07, 6.45) is 9.77. The van der Waals surface area contributed by atoms with Crippen LogP contribution in [0.3, 0.4) is 0 Å². The Morgan fingerprint density at radius 2 is 1.91 bits per heavy atom. The lowest BCUT2D eigenvalue weighted by Gasteiger charge is -2.35. The molecule has 0 unspecified atom stereocenters. The average Bonchev–Trinajstić information content (AvgIpc) is 3.54. The second kappa shape index (κ2) is 8.55. The Balaban J connectivity index is 1.48. The third-order valence-corrected chi connectivity index (χ3v) is 7.28. The van der Waals surface area contributed by atoms with Gasteiger partial charge in [0.05, 0.1) is 42.4 Å². The molecule has 0 amide bonds. The largest absolute Gasteiger partial charge is 0.496 e. The van der Waals surface area contributed by atoms with E-state index in [0.717, 1.165) is 60.3 Å². The lowest BCUT2D eigenvalue weighted by molar-refractivity contribution is 0.0972. The minimum atomic E-state index is -0.369. The van der Waals surface area contributed by atoms with Crippen molar-refractivity contribution < 1.29 is 14.3 Å². The number of methoxy groups -OCH3 is 2. The summed E-state index contributed by atoms with van der Waals surface area (Å²) in [5.74, 6) is 1.89. The molecule has 0 radical (unpaired) electrons. The molecular weight excluding hydrogens is 414 g/mol. The van der Waals surface area contributed by atoms with Gasteiger partial charge in [-0.05, 0) is 49.3 Å². The summed E-state index contributed by atoms with van der Waals surface area (Å²) in [5.41, 5.74) is 3.76. The van der Waals surface area contributed by atoms with Gasteiger partial charge in [-0.25, -0.2) is 4.98 Å². The third-order valence-electron chi connectivity index (χ3n) is 7.28. The average molecular weight is 444 g/mol. The molecule has 1 aromatic heterocycles. The zero-order valence-electron chi connectivity index (χ0n) is 19.3. The number of nitrogens with zero attached hydrogens (tertiary/aromatic N) is 3. The summed E-state index contributed by atoms with van der Waals surface area (Å²) in [4.78, 5) is 17.6. The molecule has 2 aromatic carbocycles. The second-order valence-electron chi connectivity index (χ2n) is 9.35. The maximum atomic E-state index is 13.0. The Morgan fingerprint density at radius 1 is 1.18 bits per heavy atom. The van der Waals surface area contributed by atoms with E-state index >= 15 is 0 Å². The van der Waals surface area contributed by atoms with Gasteiger partial charge in [0.15, 0.2) is 5.78 Å². The van der Waals surface area contributed by atoms with Gasteiger partial charge in [-0.3, -0.25) is 9.36 Å². The van der Waals surface area contributed by atoms with E-state index in [4.69, 9.17) is 9.47 Å². The highest BCUT2D eigenvalue weighted by atomic mass is 16.5. The molecule has 1 heterocycles. The summed E-state index contributed by atoms with van der Waals surface area (Å²) in [5, 5.41) is 9.68. The maximum absolute atomic E-state index is 13.0. The molecule has 0 N–H and O–H groups in total. The molecule has 0 saturated heterocycles. The Hall–Kier alpha value is -3.33. The molecule has 0 bridgehead atoms. The molecule has 2 fully saturated rings.